The average molecular weight is 249 g/mol. The smallest absolute Gasteiger partial charge is 0.195 e. The maximum absolute atomic E-state index is 5.84. The summed E-state index contributed by atoms with van der Waals surface area (Å²) in [5.41, 5.74) is 0. The summed E-state index contributed by atoms with van der Waals surface area (Å²) in [5, 5.41) is 6.89. The topological polar surface area (TPSA) is 52.1 Å². The minimum atomic E-state index is -0.233. The molecule has 0 radical (unpaired) electrons. The van der Waals surface area contributed by atoms with E-state index in [-0.39, 0.29) is 6.10 Å². The van der Waals surface area contributed by atoms with Gasteiger partial charge in [0.25, 0.3) is 0 Å². The summed E-state index contributed by atoms with van der Waals surface area (Å²) in [5.74, 6) is 2.24. The van der Waals surface area contributed by atoms with Crippen LogP contribution in [-0.2, 0) is 7.05 Å². The van der Waals surface area contributed by atoms with E-state index < -0.39 is 0 Å². The van der Waals surface area contributed by atoms with Gasteiger partial charge < -0.3 is 14.0 Å². The lowest BCUT2D eigenvalue weighted by atomic mass is 10.2. The Labute approximate surface area is 103 Å². The summed E-state index contributed by atoms with van der Waals surface area (Å²) < 4.78 is 13.8. The molecule has 88 valence electrons. The lowest BCUT2D eigenvalue weighted by Crippen LogP contribution is -2.24. The molecular formula is C11H11N3O2S. The van der Waals surface area contributed by atoms with Gasteiger partial charge in [-0.05, 0) is 24.4 Å². The van der Waals surface area contributed by atoms with E-state index in [2.05, 4.69) is 10.2 Å². The number of rotatable bonds is 1. The Bertz CT molecular complexity index is 605. The molecule has 1 aliphatic rings. The molecule has 3 rings (SSSR count). The first-order chi connectivity index (χ1) is 8.25. The van der Waals surface area contributed by atoms with Gasteiger partial charge in [0.05, 0.1) is 0 Å². The fraction of sp³-hybridized carbons (Fsp3) is 0.273. The van der Waals surface area contributed by atoms with E-state index in [4.69, 9.17) is 21.7 Å². The van der Waals surface area contributed by atoms with Gasteiger partial charge in [-0.2, -0.15) is 5.10 Å². The molecule has 0 saturated carbocycles. The van der Waals surface area contributed by atoms with E-state index in [0.29, 0.717) is 11.4 Å². The lowest BCUT2D eigenvalue weighted by molar-refractivity contribution is 0.0828. The first-order valence-corrected chi connectivity index (χ1v) is 5.66. The number of para-hydroxylation sites is 2. The quantitative estimate of drug-likeness (QED) is 0.785. The molecule has 5 nitrogen and oxygen atoms in total. The third kappa shape index (κ3) is 1.70. The number of hydrogen-bond acceptors (Lipinski definition) is 4. The van der Waals surface area contributed by atoms with Crippen LogP contribution >= 0.6 is 12.2 Å². The lowest BCUT2D eigenvalue weighted by Gasteiger charge is -2.25. The molecule has 0 bridgehead atoms. The summed E-state index contributed by atoms with van der Waals surface area (Å²) >= 11 is 5.07. The van der Waals surface area contributed by atoms with Crippen molar-refractivity contribution in [3.05, 3.63) is 34.9 Å². The van der Waals surface area contributed by atoms with Crippen LogP contribution in [0.2, 0.25) is 0 Å². The van der Waals surface area contributed by atoms with Gasteiger partial charge in [-0.1, -0.05) is 12.1 Å². The molecule has 1 unspecified atom stereocenters. The zero-order valence-electron chi connectivity index (χ0n) is 9.21. The monoisotopic (exact) mass is 249 g/mol. The van der Waals surface area contributed by atoms with Gasteiger partial charge >= 0.3 is 0 Å². The standard InChI is InChI=1S/C11H11N3O2S/c1-14-10(12-13-11(14)17)9-6-15-7-4-2-3-5-8(7)16-9/h2-5,9H,6H2,1H3,(H,13,17). The van der Waals surface area contributed by atoms with Crippen LogP contribution in [0.1, 0.15) is 11.9 Å². The Morgan fingerprint density at radius 1 is 1.41 bits per heavy atom. The second-order valence-electron chi connectivity index (χ2n) is 3.81. The molecule has 1 aromatic heterocycles. The fourth-order valence-corrected chi connectivity index (χ4v) is 1.93. The zero-order chi connectivity index (χ0) is 11.8. The Morgan fingerprint density at radius 3 is 2.88 bits per heavy atom. The van der Waals surface area contributed by atoms with Crippen LogP contribution in [0.5, 0.6) is 11.5 Å². The Kier molecular flexibility index (Phi) is 2.36. The molecule has 0 fully saturated rings. The van der Waals surface area contributed by atoms with Crippen LogP contribution in [0.25, 0.3) is 0 Å². The van der Waals surface area contributed by atoms with E-state index in [1.807, 2.05) is 31.3 Å². The van der Waals surface area contributed by atoms with Crippen LogP contribution in [-0.4, -0.2) is 21.4 Å². The van der Waals surface area contributed by atoms with Gasteiger partial charge in [0, 0.05) is 7.05 Å². The molecule has 0 amide bonds. The Morgan fingerprint density at radius 2 is 2.18 bits per heavy atom. The number of fused-ring (bicyclic) bond motifs is 1. The minimum Gasteiger partial charge on any atom is -0.485 e. The van der Waals surface area contributed by atoms with Crippen molar-refractivity contribution >= 4 is 12.2 Å². The van der Waals surface area contributed by atoms with Crippen LogP contribution in [0.15, 0.2) is 24.3 Å². The van der Waals surface area contributed by atoms with Crippen molar-refractivity contribution in [3.63, 3.8) is 0 Å². The second kappa shape index (κ2) is 3.89. The number of H-pyrrole nitrogens is 1. The number of aromatic amines is 1. The highest BCUT2D eigenvalue weighted by Crippen LogP contribution is 2.35. The Hall–Kier alpha value is -1.82. The summed E-state index contributed by atoms with van der Waals surface area (Å²) in [6.07, 6.45) is -0.233. The predicted molar refractivity (Wildman–Crippen MR) is 63.7 cm³/mol. The molecule has 1 aromatic carbocycles. The highest BCUT2D eigenvalue weighted by atomic mass is 32.1. The van der Waals surface area contributed by atoms with Crippen LogP contribution < -0.4 is 9.47 Å². The third-order valence-corrected chi connectivity index (χ3v) is 3.08. The van der Waals surface area contributed by atoms with E-state index in [1.165, 1.54) is 0 Å². The fourth-order valence-electron chi connectivity index (χ4n) is 1.79. The molecule has 6 heteroatoms. The SMILES string of the molecule is Cn1c(C2COc3ccccc3O2)n[nH]c1=S. The van der Waals surface area contributed by atoms with Crippen molar-refractivity contribution in [1.29, 1.82) is 0 Å². The molecule has 0 spiro atoms. The maximum Gasteiger partial charge on any atom is 0.195 e. The maximum atomic E-state index is 5.84. The average Bonchev–Trinajstić information content (AvgIpc) is 2.70. The number of aromatic nitrogens is 3. The van der Waals surface area contributed by atoms with E-state index in [9.17, 15) is 0 Å². The molecule has 1 aliphatic heterocycles. The molecule has 2 heterocycles. The van der Waals surface area contributed by atoms with Gasteiger partial charge in [-0.3, -0.25) is 5.10 Å². The van der Waals surface area contributed by atoms with Crippen molar-refractivity contribution in [3.8, 4) is 11.5 Å². The van der Waals surface area contributed by atoms with Crippen molar-refractivity contribution in [2.24, 2.45) is 7.05 Å². The first-order valence-electron chi connectivity index (χ1n) is 5.25. The summed E-state index contributed by atoms with van der Waals surface area (Å²) in [6.45, 7) is 0.435. The van der Waals surface area contributed by atoms with E-state index in [0.717, 1.165) is 17.3 Å². The second-order valence-corrected chi connectivity index (χ2v) is 4.20. The van der Waals surface area contributed by atoms with Gasteiger partial charge in [-0.25, -0.2) is 0 Å². The minimum absolute atomic E-state index is 0.233. The van der Waals surface area contributed by atoms with Crippen LogP contribution in [0, 0.1) is 4.77 Å². The number of ether oxygens (including phenoxy) is 2. The van der Waals surface area contributed by atoms with Gasteiger partial charge in [0.2, 0.25) is 0 Å². The molecular weight excluding hydrogens is 238 g/mol. The van der Waals surface area contributed by atoms with Gasteiger partial charge in [-0.15, -0.1) is 0 Å². The molecule has 0 aliphatic carbocycles. The first kappa shape index (κ1) is 10.3. The molecule has 17 heavy (non-hydrogen) atoms. The summed E-state index contributed by atoms with van der Waals surface area (Å²) in [6, 6.07) is 7.59. The molecule has 1 atom stereocenters. The Balaban J connectivity index is 1.94. The molecule has 1 N–H and O–H groups in total. The van der Waals surface area contributed by atoms with E-state index >= 15 is 0 Å². The van der Waals surface area contributed by atoms with Crippen molar-refractivity contribution < 1.29 is 9.47 Å². The van der Waals surface area contributed by atoms with Crippen LogP contribution in [0.4, 0.5) is 0 Å². The summed E-state index contributed by atoms with van der Waals surface area (Å²) in [7, 11) is 1.85. The van der Waals surface area contributed by atoms with Crippen LogP contribution in [0.3, 0.4) is 0 Å². The number of benzene rings is 1. The molecule has 0 saturated heterocycles. The highest BCUT2D eigenvalue weighted by Gasteiger charge is 2.25. The predicted octanol–water partition coefficient (Wildman–Crippen LogP) is 1.99. The van der Waals surface area contributed by atoms with Gasteiger partial charge in [0.15, 0.2) is 28.2 Å². The highest BCUT2D eigenvalue weighted by molar-refractivity contribution is 7.71. The number of nitrogens with zero attached hydrogens (tertiary/aromatic N) is 2. The van der Waals surface area contributed by atoms with Crippen molar-refractivity contribution in [2.45, 2.75) is 6.10 Å². The normalized spacial score (nSPS) is 18.1. The van der Waals surface area contributed by atoms with Crippen molar-refractivity contribution in [1.82, 2.24) is 14.8 Å². The third-order valence-electron chi connectivity index (χ3n) is 2.71. The zero-order valence-corrected chi connectivity index (χ0v) is 10.0. The van der Waals surface area contributed by atoms with E-state index in [1.54, 1.807) is 4.57 Å². The number of hydrogen-bond donors (Lipinski definition) is 1. The molecule has 2 aromatic rings. The van der Waals surface area contributed by atoms with Gasteiger partial charge in [0.1, 0.15) is 6.61 Å². The van der Waals surface area contributed by atoms with Crippen molar-refractivity contribution in [2.75, 3.05) is 6.61 Å². The number of nitrogens with one attached hydrogen (secondary N) is 1. The largest absolute Gasteiger partial charge is 0.485 e. The summed E-state index contributed by atoms with van der Waals surface area (Å²) in [4.78, 5) is 0.